The van der Waals surface area contributed by atoms with Gasteiger partial charge in [-0.2, -0.15) is 22.0 Å². The van der Waals surface area contributed by atoms with E-state index in [-0.39, 0.29) is 17.7 Å². The van der Waals surface area contributed by atoms with Gasteiger partial charge in [-0.15, -0.1) is 11.3 Å². The number of aryl methyl sites for hydroxylation is 1. The summed E-state index contributed by atoms with van der Waals surface area (Å²) in [5.41, 5.74) is 0. The number of nitrogens with one attached hydrogen (secondary N) is 1. The molecule has 1 heterocycles. The zero-order valence-corrected chi connectivity index (χ0v) is 18.7. The Morgan fingerprint density at radius 1 is 1.03 bits per heavy atom. The van der Waals surface area contributed by atoms with E-state index in [9.17, 15) is 39.6 Å². The Balaban J connectivity index is 2.20. The number of carboxylic acids is 1. The zero-order chi connectivity index (χ0) is 24.9. The highest BCUT2D eigenvalue weighted by atomic mass is 32.2. The highest BCUT2D eigenvalue weighted by Crippen LogP contribution is 2.40. The second-order valence-corrected chi connectivity index (χ2v) is 10.2. The molecule has 0 saturated heterocycles. The smallest absolute Gasteiger partial charge is 0.453 e. The molecule has 33 heavy (non-hydrogen) atoms. The number of halogens is 6. The average Bonchev–Trinajstić information content (AvgIpc) is 3.15. The van der Waals surface area contributed by atoms with E-state index in [2.05, 4.69) is 4.72 Å². The van der Waals surface area contributed by atoms with Gasteiger partial charge in [-0.05, 0) is 62.1 Å². The predicted octanol–water partition coefficient (Wildman–Crippen LogP) is 5.68. The Kier molecular flexibility index (Phi) is 8.94. The minimum atomic E-state index is -5.71. The third-order valence-corrected chi connectivity index (χ3v) is 7.41. The summed E-state index contributed by atoms with van der Waals surface area (Å²) < 4.78 is 105. The normalized spacial score (nSPS) is 13.8. The maximum absolute atomic E-state index is 13.3. The van der Waals surface area contributed by atoms with Crippen molar-refractivity contribution < 1.29 is 44.7 Å². The van der Waals surface area contributed by atoms with Gasteiger partial charge in [0.2, 0.25) is 10.0 Å². The van der Waals surface area contributed by atoms with Gasteiger partial charge in [-0.25, -0.2) is 17.5 Å². The molecule has 0 aliphatic rings. The molecule has 0 aliphatic carbocycles. The third kappa shape index (κ3) is 8.00. The first-order valence-electron chi connectivity index (χ1n) is 9.74. The molecule has 0 radical (unpaired) electrons. The van der Waals surface area contributed by atoms with Gasteiger partial charge in [0.1, 0.15) is 5.82 Å². The van der Waals surface area contributed by atoms with E-state index in [1.807, 2.05) is 0 Å². The van der Waals surface area contributed by atoms with Crippen LogP contribution in [-0.4, -0.2) is 31.6 Å². The fourth-order valence-corrected chi connectivity index (χ4v) is 5.39. The monoisotopic (exact) mass is 517 g/mol. The summed E-state index contributed by atoms with van der Waals surface area (Å²) in [4.78, 5) is 11.4. The second-order valence-electron chi connectivity index (χ2n) is 7.27. The molecular formula is C20H21F6NO4S2. The molecule has 0 fully saturated rings. The Bertz CT molecular complexity index is 1040. The molecular weight excluding hydrogens is 496 g/mol. The molecule has 1 unspecified atom stereocenters. The van der Waals surface area contributed by atoms with E-state index in [1.165, 1.54) is 6.07 Å². The number of rotatable bonds is 12. The van der Waals surface area contributed by atoms with Crippen molar-refractivity contribution in [3.63, 3.8) is 0 Å². The van der Waals surface area contributed by atoms with Crippen LogP contribution >= 0.6 is 11.3 Å². The van der Waals surface area contributed by atoms with Crippen molar-refractivity contribution >= 4 is 27.3 Å². The molecule has 2 N–H and O–H groups in total. The quantitative estimate of drug-likeness (QED) is 0.355. The van der Waals surface area contributed by atoms with Crippen molar-refractivity contribution in [2.75, 3.05) is 0 Å². The highest BCUT2D eigenvalue weighted by molar-refractivity contribution is 7.89. The van der Waals surface area contributed by atoms with Crippen LogP contribution in [0.3, 0.4) is 0 Å². The van der Waals surface area contributed by atoms with Crippen LogP contribution in [0.2, 0.25) is 0 Å². The first-order chi connectivity index (χ1) is 15.2. The molecule has 13 heteroatoms. The minimum Gasteiger partial charge on any atom is -0.481 e. The number of hydrogen-bond acceptors (Lipinski definition) is 4. The van der Waals surface area contributed by atoms with E-state index < -0.39 is 52.8 Å². The van der Waals surface area contributed by atoms with E-state index >= 15 is 0 Å². The summed E-state index contributed by atoms with van der Waals surface area (Å²) in [7, 11) is -4.24. The predicted molar refractivity (Wildman–Crippen MR) is 109 cm³/mol. The number of thiophene rings is 1. The standard InChI is InChI=1S/C20H21F6NO4S2/c21-13-6-9-15(10-7-13)33(30,31)27-16(4-2-12-19(22,23)20(24,25)26)17-11-8-14(32-17)3-1-5-18(28)29/h6-11,16,27H,1-5,12H2,(H,28,29). The first kappa shape index (κ1) is 27.1. The number of benzene rings is 1. The van der Waals surface area contributed by atoms with Crippen LogP contribution in [-0.2, 0) is 21.2 Å². The molecule has 0 aliphatic heterocycles. The summed E-state index contributed by atoms with van der Waals surface area (Å²) in [5, 5.41) is 8.72. The maximum Gasteiger partial charge on any atom is 0.453 e. The van der Waals surface area contributed by atoms with E-state index in [1.54, 1.807) is 6.07 Å². The zero-order valence-electron chi connectivity index (χ0n) is 17.0. The Hall–Kier alpha value is -2.12. The number of carbonyl (C=O) groups is 1. The number of sulfonamides is 1. The van der Waals surface area contributed by atoms with Gasteiger partial charge in [0.15, 0.2) is 0 Å². The summed E-state index contributed by atoms with van der Waals surface area (Å²) in [6, 6.07) is 5.85. The molecule has 2 aromatic rings. The summed E-state index contributed by atoms with van der Waals surface area (Å²) in [6.07, 6.45) is -7.59. The van der Waals surface area contributed by atoms with Gasteiger partial charge < -0.3 is 5.11 Å². The molecule has 1 aromatic heterocycles. The molecule has 5 nitrogen and oxygen atoms in total. The summed E-state index contributed by atoms with van der Waals surface area (Å²) in [5.74, 6) is -6.57. The van der Waals surface area contributed by atoms with Crippen LogP contribution in [0.1, 0.15) is 47.9 Å². The first-order valence-corrected chi connectivity index (χ1v) is 12.0. The number of aliphatic carboxylic acids is 1. The average molecular weight is 518 g/mol. The lowest BCUT2D eigenvalue weighted by molar-refractivity contribution is -0.284. The maximum atomic E-state index is 13.3. The lowest BCUT2D eigenvalue weighted by Gasteiger charge is -2.22. The highest BCUT2D eigenvalue weighted by Gasteiger charge is 2.56. The molecule has 0 spiro atoms. The fourth-order valence-electron chi connectivity index (χ4n) is 2.93. The molecule has 1 aromatic carbocycles. The molecule has 184 valence electrons. The number of hydrogen-bond donors (Lipinski definition) is 2. The number of alkyl halides is 5. The Morgan fingerprint density at radius 3 is 2.24 bits per heavy atom. The van der Waals surface area contributed by atoms with Gasteiger partial charge in [-0.1, -0.05) is 0 Å². The Labute approximate surface area is 190 Å². The Morgan fingerprint density at radius 2 is 1.67 bits per heavy atom. The van der Waals surface area contributed by atoms with Crippen LogP contribution in [0.5, 0.6) is 0 Å². The van der Waals surface area contributed by atoms with E-state index in [0.29, 0.717) is 22.6 Å². The van der Waals surface area contributed by atoms with Crippen LogP contribution in [0.4, 0.5) is 26.3 Å². The van der Waals surface area contributed by atoms with Gasteiger partial charge in [-0.3, -0.25) is 4.79 Å². The van der Waals surface area contributed by atoms with Crippen molar-refractivity contribution in [2.24, 2.45) is 0 Å². The van der Waals surface area contributed by atoms with Crippen molar-refractivity contribution in [2.45, 2.75) is 61.6 Å². The second kappa shape index (κ2) is 10.9. The lowest BCUT2D eigenvalue weighted by atomic mass is 10.1. The summed E-state index contributed by atoms with van der Waals surface area (Å²) in [6.45, 7) is 0. The molecule has 1 atom stereocenters. The number of carboxylic acid groups (broad SMARTS) is 1. The molecule has 0 bridgehead atoms. The van der Waals surface area contributed by atoms with Crippen molar-refractivity contribution in [3.8, 4) is 0 Å². The van der Waals surface area contributed by atoms with Crippen LogP contribution in [0.15, 0.2) is 41.3 Å². The van der Waals surface area contributed by atoms with Crippen LogP contribution < -0.4 is 4.72 Å². The minimum absolute atomic E-state index is 0.0830. The topological polar surface area (TPSA) is 83.5 Å². The van der Waals surface area contributed by atoms with E-state index in [4.69, 9.17) is 5.11 Å². The SMILES string of the molecule is O=C(O)CCCc1ccc(C(CCCC(F)(F)C(F)(F)F)NS(=O)(=O)c2ccc(F)cc2)s1. The van der Waals surface area contributed by atoms with E-state index in [0.717, 1.165) is 35.6 Å². The van der Waals surface area contributed by atoms with Crippen molar-refractivity contribution in [1.29, 1.82) is 0 Å². The van der Waals surface area contributed by atoms with Gasteiger partial charge >= 0.3 is 18.1 Å². The third-order valence-electron chi connectivity index (χ3n) is 4.66. The van der Waals surface area contributed by atoms with Gasteiger partial charge in [0.25, 0.3) is 0 Å². The van der Waals surface area contributed by atoms with Gasteiger partial charge in [0, 0.05) is 22.6 Å². The molecule has 0 amide bonds. The molecule has 0 saturated carbocycles. The molecule has 2 rings (SSSR count). The summed E-state index contributed by atoms with van der Waals surface area (Å²) >= 11 is 1.10. The van der Waals surface area contributed by atoms with Crippen LogP contribution in [0, 0.1) is 5.82 Å². The van der Waals surface area contributed by atoms with Crippen LogP contribution in [0.25, 0.3) is 0 Å². The fraction of sp³-hybridized carbons (Fsp3) is 0.450. The lowest BCUT2D eigenvalue weighted by Crippen LogP contribution is -2.36. The van der Waals surface area contributed by atoms with Crippen molar-refractivity contribution in [1.82, 2.24) is 4.72 Å². The van der Waals surface area contributed by atoms with Crippen molar-refractivity contribution in [3.05, 3.63) is 52.0 Å². The largest absolute Gasteiger partial charge is 0.481 e. The van der Waals surface area contributed by atoms with Gasteiger partial charge in [0.05, 0.1) is 10.9 Å².